The Labute approximate surface area is 108 Å². The Kier molecular flexibility index (Phi) is 11.3. The van der Waals surface area contributed by atoms with Gasteiger partial charge in [0.2, 0.25) is 0 Å². The summed E-state index contributed by atoms with van der Waals surface area (Å²) in [5, 5.41) is 0. The molecule has 11 heteroatoms. The molecule has 0 aliphatic carbocycles. The second-order valence-electron chi connectivity index (χ2n) is 1.20. The van der Waals surface area contributed by atoms with E-state index in [0.29, 0.717) is 0 Å². The molecule has 7 nitrogen and oxygen atoms in total. The maximum Gasteiger partial charge on any atom is 2.00 e. The zero-order chi connectivity index (χ0) is 7.71. The molecule has 0 spiro atoms. The first-order valence-electron chi connectivity index (χ1n) is 1.71. The molecule has 1 atom stereocenters. The normalized spacial score (nSPS) is 11.5. The van der Waals surface area contributed by atoms with E-state index in [4.69, 9.17) is 19.2 Å². The first-order chi connectivity index (χ1) is 3.71. The van der Waals surface area contributed by atoms with Gasteiger partial charge in [-0.25, -0.2) is 0 Å². The number of rotatable bonds is 2. The van der Waals surface area contributed by atoms with Crippen molar-refractivity contribution in [3.05, 3.63) is 0 Å². The van der Waals surface area contributed by atoms with Gasteiger partial charge in [0.1, 0.15) is 9.05 Å². The molecule has 0 rings (SSSR count). The van der Waals surface area contributed by atoms with Crippen molar-refractivity contribution in [2.24, 2.45) is 0 Å². The minimum atomic E-state index is -5.48. The molecule has 64 valence electrons. The zero-order valence-electron chi connectivity index (χ0n) is 5.43. The number of hydrogen-bond acceptors (Lipinski definition) is 7. The predicted molar refractivity (Wildman–Crippen MR) is 38.3 cm³/mol. The third kappa shape index (κ3) is 18.8. The summed E-state index contributed by atoms with van der Waals surface area (Å²) < 4.78 is 3.01. The molecule has 0 aromatic rings. The van der Waals surface area contributed by atoms with Crippen molar-refractivity contribution in [1.29, 1.82) is 0 Å². The molecule has 0 radical (unpaired) electrons. The van der Waals surface area contributed by atoms with Gasteiger partial charge < -0.3 is 32.9 Å². The standard InChI is InChI=1S/Ba.H4O7Si2.H3P/c;1-8(2,3)7-9(4,5)6;/h;1-4H;1H3/q+2;-2;. The summed E-state index contributed by atoms with van der Waals surface area (Å²) >= 11 is 0. The smallest absolute Gasteiger partial charge is 0.829 e. The topological polar surface area (TPSA) is 136 Å². The Morgan fingerprint density at radius 1 is 1.00 bits per heavy atom. The summed E-state index contributed by atoms with van der Waals surface area (Å²) in [4.78, 5) is 50.5. The van der Waals surface area contributed by atoms with E-state index in [1.54, 1.807) is 0 Å². The van der Waals surface area contributed by atoms with Crippen LogP contribution in [-0.4, -0.2) is 86.2 Å². The summed E-state index contributed by atoms with van der Waals surface area (Å²) in [5.74, 6) is 0. The second kappa shape index (κ2) is 6.59. The summed E-state index contributed by atoms with van der Waals surface area (Å²) in [6, 6.07) is 0. The molecule has 0 aliphatic rings. The van der Waals surface area contributed by atoms with Crippen molar-refractivity contribution in [1.82, 2.24) is 0 Å². The van der Waals surface area contributed by atoms with E-state index in [-0.39, 0.29) is 58.8 Å². The second-order valence-corrected chi connectivity index (χ2v) is 4.21. The van der Waals surface area contributed by atoms with Crippen molar-refractivity contribution >= 4 is 76.9 Å². The molecule has 0 saturated carbocycles. The fourth-order valence-corrected chi connectivity index (χ4v) is 1.56. The Morgan fingerprint density at radius 2 is 1.27 bits per heavy atom. The summed E-state index contributed by atoms with van der Waals surface area (Å²) in [6.45, 7) is 0. The molecule has 0 amide bonds. The predicted octanol–water partition coefficient (Wildman–Crippen LogP) is -5.76. The molecule has 0 saturated heterocycles. The quantitative estimate of drug-likeness (QED) is 0.290. The van der Waals surface area contributed by atoms with Crippen molar-refractivity contribution in [3.63, 3.8) is 0 Å². The Bertz CT molecular complexity index is 81.6. The van der Waals surface area contributed by atoms with Gasteiger partial charge >= 0.3 is 57.9 Å². The van der Waals surface area contributed by atoms with Crippen LogP contribution >= 0.6 is 9.90 Å². The van der Waals surface area contributed by atoms with Crippen LogP contribution in [-0.2, 0) is 4.12 Å². The van der Waals surface area contributed by atoms with Gasteiger partial charge in [0, 0.05) is 0 Å². The van der Waals surface area contributed by atoms with E-state index < -0.39 is 18.1 Å². The van der Waals surface area contributed by atoms with Gasteiger partial charge in [0.15, 0.2) is 0 Å². The van der Waals surface area contributed by atoms with E-state index in [9.17, 15) is 9.59 Å². The Hall–Kier alpha value is 2.16. The molecule has 4 N–H and O–H groups in total. The van der Waals surface area contributed by atoms with Crippen molar-refractivity contribution in [2.75, 3.05) is 0 Å². The van der Waals surface area contributed by atoms with E-state index >= 15 is 0 Å². The zero-order valence-corrected chi connectivity index (χ0v) is 13.3. The van der Waals surface area contributed by atoms with Gasteiger partial charge in [-0.05, 0) is 0 Å². The van der Waals surface area contributed by atoms with Crippen LogP contribution in [0, 0.1) is 0 Å². The van der Waals surface area contributed by atoms with E-state index in [0.717, 1.165) is 0 Å². The van der Waals surface area contributed by atoms with E-state index in [1.807, 2.05) is 0 Å². The van der Waals surface area contributed by atoms with Crippen LogP contribution < -0.4 is 9.59 Å². The van der Waals surface area contributed by atoms with E-state index in [1.165, 1.54) is 0 Å². The van der Waals surface area contributed by atoms with Gasteiger partial charge in [-0.1, -0.05) is 0 Å². The molecule has 0 aromatic carbocycles. The van der Waals surface area contributed by atoms with Crippen LogP contribution in [0.15, 0.2) is 0 Å². The summed E-state index contributed by atoms with van der Waals surface area (Å²) in [6.07, 6.45) is 0. The van der Waals surface area contributed by atoms with Crippen LogP contribution in [0.25, 0.3) is 0 Å². The van der Waals surface area contributed by atoms with Crippen molar-refractivity contribution in [3.8, 4) is 0 Å². The van der Waals surface area contributed by atoms with Gasteiger partial charge in [-0.15, -0.1) is 0 Å². The molecular formula is H7BaO7PSi2. The van der Waals surface area contributed by atoms with Crippen molar-refractivity contribution in [2.45, 2.75) is 0 Å². The Morgan fingerprint density at radius 3 is 1.27 bits per heavy atom. The fraction of sp³-hybridized carbons (Fsp3) is 0. The first kappa shape index (κ1) is 18.8. The number of hydrogen-bond donors (Lipinski definition) is 4. The minimum Gasteiger partial charge on any atom is -0.829 e. The minimum absolute atomic E-state index is 0. The molecule has 11 heavy (non-hydrogen) atoms. The van der Waals surface area contributed by atoms with Crippen LogP contribution in [0.3, 0.4) is 0 Å². The van der Waals surface area contributed by atoms with Gasteiger partial charge in [-0.3, -0.25) is 0 Å². The summed E-state index contributed by atoms with van der Waals surface area (Å²) in [7, 11) is -10.6. The first-order valence-corrected chi connectivity index (χ1v) is 5.13. The molecular weight excluding hydrogens is 336 g/mol. The fourth-order valence-electron chi connectivity index (χ4n) is 0.173. The van der Waals surface area contributed by atoms with Crippen LogP contribution in [0.5, 0.6) is 0 Å². The van der Waals surface area contributed by atoms with Gasteiger partial charge in [-0.2, -0.15) is 9.90 Å². The third-order valence-corrected chi connectivity index (χ3v) is 2.39. The van der Waals surface area contributed by atoms with E-state index in [2.05, 4.69) is 4.12 Å². The SMILES string of the molecule is P.[Ba+2].[O-][Si]([O-])(O)O[Si](O)(O)O. The molecule has 0 fully saturated rings. The third-order valence-electron chi connectivity index (χ3n) is 0.266. The van der Waals surface area contributed by atoms with Crippen LogP contribution in [0.1, 0.15) is 0 Å². The largest absolute Gasteiger partial charge is 2.00 e. The molecule has 1 unspecified atom stereocenters. The van der Waals surface area contributed by atoms with Crippen LogP contribution in [0.4, 0.5) is 0 Å². The average molecular weight is 344 g/mol. The van der Waals surface area contributed by atoms with Crippen molar-refractivity contribution < 1.29 is 32.9 Å². The van der Waals surface area contributed by atoms with Gasteiger partial charge in [0.25, 0.3) is 0 Å². The van der Waals surface area contributed by atoms with Gasteiger partial charge in [0.05, 0.1) is 0 Å². The molecule has 0 aromatic heterocycles. The average Bonchev–Trinajstić information content (AvgIpc) is 1.14. The molecule has 0 aliphatic heterocycles. The maximum atomic E-state index is 9.59. The monoisotopic (exact) mass is 344 g/mol. The maximum absolute atomic E-state index is 9.59. The molecule has 0 bridgehead atoms. The summed E-state index contributed by atoms with van der Waals surface area (Å²) in [5.41, 5.74) is 0. The Balaban J connectivity index is -0.000000320. The van der Waals surface area contributed by atoms with Crippen LogP contribution in [0.2, 0.25) is 0 Å². The molecule has 0 heterocycles.